The van der Waals surface area contributed by atoms with E-state index in [9.17, 15) is 20.1 Å². The molecule has 0 aliphatic carbocycles. The van der Waals surface area contributed by atoms with E-state index in [-0.39, 0.29) is 23.2 Å². The summed E-state index contributed by atoms with van der Waals surface area (Å²) in [6, 6.07) is 1.95. The van der Waals surface area contributed by atoms with Crippen molar-refractivity contribution in [1.82, 2.24) is 24.1 Å². The largest absolute Gasteiger partial charge is 0.394 e. The number of hydrogen-bond donors (Lipinski definition) is 5. The van der Waals surface area contributed by atoms with E-state index >= 15 is 0 Å². The summed E-state index contributed by atoms with van der Waals surface area (Å²) in [6.45, 7) is 0.874. The Hall–Kier alpha value is -2.77. The minimum Gasteiger partial charge on any atom is -0.394 e. The number of anilines is 1. The average molecular weight is 432 g/mol. The molecule has 166 valence electrons. The Kier molecular flexibility index (Phi) is 5.02. The van der Waals surface area contributed by atoms with E-state index < -0.39 is 36.7 Å². The molecule has 0 aromatic carbocycles. The van der Waals surface area contributed by atoms with Gasteiger partial charge >= 0.3 is 0 Å². The number of nitrogens with zero attached hydrogens (tertiary/aromatic N) is 4. The van der Waals surface area contributed by atoms with Gasteiger partial charge in [0.25, 0.3) is 5.56 Å². The predicted octanol–water partition coefficient (Wildman–Crippen LogP) is -0.764. The van der Waals surface area contributed by atoms with Gasteiger partial charge in [-0.05, 0) is 12.5 Å². The second-order valence-corrected chi connectivity index (χ2v) is 7.81. The Labute approximate surface area is 176 Å². The van der Waals surface area contributed by atoms with Crippen molar-refractivity contribution >= 4 is 17.1 Å². The molecule has 0 unspecified atom stereocenters. The summed E-state index contributed by atoms with van der Waals surface area (Å²) in [7, 11) is 1.65. The van der Waals surface area contributed by atoms with Crippen LogP contribution < -0.4 is 10.9 Å². The number of imidazole rings is 1. The maximum atomic E-state index is 12.6. The number of aliphatic hydroxyl groups excluding tert-OH is 3. The first-order valence-corrected chi connectivity index (χ1v) is 10.0. The Morgan fingerprint density at radius 2 is 2.23 bits per heavy atom. The third kappa shape index (κ3) is 3.23. The van der Waals surface area contributed by atoms with E-state index in [1.54, 1.807) is 7.11 Å². The third-order valence-electron chi connectivity index (χ3n) is 5.92. The molecule has 12 heteroatoms. The van der Waals surface area contributed by atoms with Crippen LogP contribution >= 0.6 is 0 Å². The van der Waals surface area contributed by atoms with E-state index in [1.807, 2.05) is 12.3 Å². The first kappa shape index (κ1) is 20.2. The number of nitrogens with one attached hydrogen (secondary N) is 2. The number of rotatable bonds is 6. The molecule has 5 atom stereocenters. The minimum atomic E-state index is -1.30. The highest BCUT2D eigenvalue weighted by Crippen LogP contribution is 2.33. The SMILES string of the molecule is COCc1ccn2c1[C@H](Nc1nc3c(ncn3[C@@H]3O[C@H](CO)[C@@H](O)[C@H]3O)c(=O)[nH]1)CC2. The van der Waals surface area contributed by atoms with Gasteiger partial charge in [0.2, 0.25) is 5.95 Å². The molecule has 5 rings (SSSR count). The molecule has 1 saturated heterocycles. The molecule has 3 aromatic rings. The number of aliphatic hydroxyl groups is 3. The van der Waals surface area contributed by atoms with Gasteiger partial charge in [-0.25, -0.2) is 4.98 Å². The van der Waals surface area contributed by atoms with E-state index in [4.69, 9.17) is 9.47 Å². The van der Waals surface area contributed by atoms with E-state index in [0.717, 1.165) is 24.2 Å². The van der Waals surface area contributed by atoms with Crippen LogP contribution in [0.5, 0.6) is 0 Å². The fourth-order valence-electron chi connectivity index (χ4n) is 4.43. The van der Waals surface area contributed by atoms with Crippen LogP contribution in [-0.2, 0) is 22.6 Å². The molecule has 3 aromatic heterocycles. The maximum Gasteiger partial charge on any atom is 0.280 e. The summed E-state index contributed by atoms with van der Waals surface area (Å²) in [5.41, 5.74) is 1.99. The number of aryl methyl sites for hydroxylation is 1. The molecule has 0 spiro atoms. The van der Waals surface area contributed by atoms with Crippen LogP contribution in [0.4, 0.5) is 5.95 Å². The lowest BCUT2D eigenvalue weighted by atomic mass is 10.1. The molecule has 2 aliphatic rings. The van der Waals surface area contributed by atoms with Gasteiger partial charge in [0, 0.05) is 31.1 Å². The summed E-state index contributed by atoms with van der Waals surface area (Å²) >= 11 is 0. The predicted molar refractivity (Wildman–Crippen MR) is 107 cm³/mol. The van der Waals surface area contributed by atoms with Gasteiger partial charge in [0.15, 0.2) is 17.4 Å². The zero-order valence-corrected chi connectivity index (χ0v) is 16.8. The molecular weight excluding hydrogens is 408 g/mol. The van der Waals surface area contributed by atoms with Crippen LogP contribution in [0.1, 0.15) is 29.9 Å². The zero-order valence-electron chi connectivity index (χ0n) is 16.8. The van der Waals surface area contributed by atoms with E-state index in [1.165, 1.54) is 10.9 Å². The van der Waals surface area contributed by atoms with Gasteiger partial charge in [-0.3, -0.25) is 14.3 Å². The second kappa shape index (κ2) is 7.73. The Bertz CT molecular complexity index is 1150. The number of aromatic amines is 1. The highest BCUT2D eigenvalue weighted by atomic mass is 16.6. The van der Waals surface area contributed by atoms with Crippen LogP contribution in [-0.4, -0.2) is 71.4 Å². The van der Waals surface area contributed by atoms with Gasteiger partial charge in [0.1, 0.15) is 18.3 Å². The summed E-state index contributed by atoms with van der Waals surface area (Å²) in [6.07, 6.45) is -0.378. The Morgan fingerprint density at radius 3 is 2.97 bits per heavy atom. The van der Waals surface area contributed by atoms with Crippen LogP contribution in [0.2, 0.25) is 0 Å². The molecule has 5 heterocycles. The van der Waals surface area contributed by atoms with Crippen molar-refractivity contribution in [2.75, 3.05) is 19.0 Å². The van der Waals surface area contributed by atoms with Crippen LogP contribution in [0.15, 0.2) is 23.4 Å². The van der Waals surface area contributed by atoms with Gasteiger partial charge < -0.3 is 34.7 Å². The second-order valence-electron chi connectivity index (χ2n) is 7.81. The molecule has 0 saturated carbocycles. The lowest BCUT2D eigenvalue weighted by molar-refractivity contribution is -0.0511. The Balaban J connectivity index is 1.48. The van der Waals surface area contributed by atoms with Gasteiger partial charge in [-0.15, -0.1) is 0 Å². The molecule has 1 fully saturated rings. The van der Waals surface area contributed by atoms with Gasteiger partial charge in [-0.2, -0.15) is 4.98 Å². The lowest BCUT2D eigenvalue weighted by Crippen LogP contribution is -2.33. The molecule has 0 amide bonds. The van der Waals surface area contributed by atoms with Crippen molar-refractivity contribution in [1.29, 1.82) is 0 Å². The Morgan fingerprint density at radius 1 is 1.39 bits per heavy atom. The maximum absolute atomic E-state index is 12.6. The fourth-order valence-corrected chi connectivity index (χ4v) is 4.43. The highest BCUT2D eigenvalue weighted by molar-refractivity contribution is 5.71. The smallest absolute Gasteiger partial charge is 0.280 e. The van der Waals surface area contributed by atoms with Crippen molar-refractivity contribution < 1.29 is 24.8 Å². The third-order valence-corrected chi connectivity index (χ3v) is 5.92. The van der Waals surface area contributed by atoms with Crippen molar-refractivity contribution in [2.24, 2.45) is 0 Å². The van der Waals surface area contributed by atoms with E-state index in [2.05, 4.69) is 24.8 Å². The minimum absolute atomic E-state index is 0.0639. The van der Waals surface area contributed by atoms with Gasteiger partial charge in [0.05, 0.1) is 25.6 Å². The summed E-state index contributed by atoms with van der Waals surface area (Å²) < 4.78 is 14.4. The zero-order chi connectivity index (χ0) is 21.7. The topological polar surface area (TPSA) is 160 Å². The monoisotopic (exact) mass is 432 g/mol. The quantitative estimate of drug-likeness (QED) is 0.337. The first-order valence-electron chi connectivity index (χ1n) is 10.0. The summed E-state index contributed by atoms with van der Waals surface area (Å²) in [5, 5.41) is 33.0. The molecular formula is C19H24N6O6. The number of H-pyrrole nitrogens is 1. The van der Waals surface area contributed by atoms with E-state index in [0.29, 0.717) is 6.61 Å². The normalized spacial score (nSPS) is 27.8. The van der Waals surface area contributed by atoms with Crippen LogP contribution in [0.3, 0.4) is 0 Å². The molecule has 5 N–H and O–H groups in total. The molecule has 12 nitrogen and oxygen atoms in total. The number of hydrogen-bond acceptors (Lipinski definition) is 9. The summed E-state index contributed by atoms with van der Waals surface area (Å²) in [4.78, 5) is 23.9. The van der Waals surface area contributed by atoms with Gasteiger partial charge in [-0.1, -0.05) is 0 Å². The standard InChI is InChI=1S/C19H24N6O6/c1-30-7-9-2-4-24-5-3-10(13(9)24)21-19-22-16-12(17(29)23-19)20-8-25(16)18-15(28)14(27)11(6-26)31-18/h2,4,8,10-11,14-15,18,26-28H,3,5-7H2,1H3,(H2,21,22,23,29)/t10-,11-,14-,15-,18-/m1/s1. The summed E-state index contributed by atoms with van der Waals surface area (Å²) in [5.74, 6) is 0.258. The molecule has 0 bridgehead atoms. The van der Waals surface area contributed by atoms with Crippen molar-refractivity contribution in [3.63, 3.8) is 0 Å². The first-order chi connectivity index (χ1) is 15.0. The highest BCUT2D eigenvalue weighted by Gasteiger charge is 2.44. The number of fused-ring (bicyclic) bond motifs is 2. The number of aromatic nitrogens is 5. The number of methoxy groups -OCH3 is 1. The van der Waals surface area contributed by atoms with Crippen LogP contribution in [0.25, 0.3) is 11.2 Å². The molecule has 2 aliphatic heterocycles. The number of ether oxygens (including phenoxy) is 2. The molecule has 0 radical (unpaired) electrons. The van der Waals surface area contributed by atoms with Crippen molar-refractivity contribution in [3.05, 3.63) is 40.2 Å². The lowest BCUT2D eigenvalue weighted by Gasteiger charge is -2.17. The van der Waals surface area contributed by atoms with Crippen molar-refractivity contribution in [3.8, 4) is 0 Å². The molecule has 31 heavy (non-hydrogen) atoms. The average Bonchev–Trinajstić information content (AvgIpc) is 3.50. The fraction of sp³-hybridized carbons (Fsp3) is 0.526. The van der Waals surface area contributed by atoms with Crippen LogP contribution in [0, 0.1) is 0 Å². The van der Waals surface area contributed by atoms with Crippen molar-refractivity contribution in [2.45, 2.75) is 50.2 Å².